The lowest BCUT2D eigenvalue weighted by atomic mass is 9.90. The molecule has 0 spiro atoms. The van der Waals surface area contributed by atoms with Gasteiger partial charge in [0.1, 0.15) is 5.60 Å². The van der Waals surface area contributed by atoms with Crippen molar-refractivity contribution in [1.29, 1.82) is 0 Å². The lowest BCUT2D eigenvalue weighted by Crippen LogP contribution is -2.47. The number of hydrogen-bond donors (Lipinski definition) is 1. The predicted octanol–water partition coefficient (Wildman–Crippen LogP) is 1.85. The molecule has 148 valence electrons. The van der Waals surface area contributed by atoms with Crippen molar-refractivity contribution in [3.05, 3.63) is 11.9 Å². The summed E-state index contributed by atoms with van der Waals surface area (Å²) < 4.78 is 7.26. The molecule has 2 unspecified atom stereocenters. The number of aromatic nitrogens is 2. The van der Waals surface area contributed by atoms with Crippen molar-refractivity contribution in [2.45, 2.75) is 65.8 Å². The molecule has 0 bridgehead atoms. The Morgan fingerprint density at radius 3 is 2.59 bits per heavy atom. The number of aliphatic carboxylic acids is 1. The van der Waals surface area contributed by atoms with E-state index in [4.69, 9.17) is 4.74 Å². The second-order valence-corrected chi connectivity index (χ2v) is 8.64. The highest BCUT2D eigenvalue weighted by Gasteiger charge is 2.47. The Balaban J connectivity index is 1.87. The number of rotatable bonds is 2. The number of nitrogens with zero attached hydrogens (tertiary/aromatic N) is 4. The number of carboxylic acid groups (broad SMARTS) is 1. The number of ether oxygens (including phenoxy) is 1. The highest BCUT2D eigenvalue weighted by atomic mass is 16.6. The Morgan fingerprint density at radius 2 is 2.04 bits per heavy atom. The van der Waals surface area contributed by atoms with Gasteiger partial charge in [0.15, 0.2) is 0 Å². The molecule has 2 aliphatic rings. The zero-order valence-electron chi connectivity index (χ0n) is 16.4. The van der Waals surface area contributed by atoms with Gasteiger partial charge in [0, 0.05) is 13.0 Å². The van der Waals surface area contributed by atoms with E-state index in [1.165, 1.54) is 4.90 Å². The van der Waals surface area contributed by atoms with E-state index in [2.05, 4.69) is 5.10 Å². The molecule has 2 amide bonds. The summed E-state index contributed by atoms with van der Waals surface area (Å²) in [6.45, 7) is 9.73. The number of carbonyl (C=O) groups excluding carboxylic acids is 2. The van der Waals surface area contributed by atoms with E-state index < -0.39 is 23.1 Å². The SMILES string of the molecule is CC1Cn2ncc(N3CC(C)(C(=O)O)CC3=O)c2CN1C(=O)OC(C)(C)C. The van der Waals surface area contributed by atoms with Crippen molar-refractivity contribution in [3.8, 4) is 0 Å². The maximum absolute atomic E-state index is 12.6. The summed E-state index contributed by atoms with van der Waals surface area (Å²) in [5.41, 5.74) is -0.461. The third-order valence-corrected chi connectivity index (χ3v) is 5.00. The molecule has 0 aliphatic carbocycles. The topological polar surface area (TPSA) is 105 Å². The summed E-state index contributed by atoms with van der Waals surface area (Å²) in [4.78, 5) is 39.6. The molecule has 9 nitrogen and oxygen atoms in total. The second-order valence-electron chi connectivity index (χ2n) is 8.64. The van der Waals surface area contributed by atoms with Gasteiger partial charge in [-0.2, -0.15) is 5.10 Å². The Hall–Kier alpha value is -2.58. The first-order chi connectivity index (χ1) is 12.4. The van der Waals surface area contributed by atoms with E-state index >= 15 is 0 Å². The molecule has 1 aromatic heterocycles. The third kappa shape index (κ3) is 3.50. The molecule has 0 saturated carbocycles. The van der Waals surface area contributed by atoms with Crippen molar-refractivity contribution >= 4 is 23.7 Å². The van der Waals surface area contributed by atoms with Gasteiger partial charge >= 0.3 is 12.1 Å². The van der Waals surface area contributed by atoms with Crippen LogP contribution in [0.25, 0.3) is 0 Å². The van der Waals surface area contributed by atoms with Gasteiger partial charge < -0.3 is 14.7 Å². The molecular weight excluding hydrogens is 352 g/mol. The zero-order chi connectivity index (χ0) is 20.1. The van der Waals surface area contributed by atoms with E-state index in [9.17, 15) is 19.5 Å². The molecule has 2 aliphatic heterocycles. The molecule has 3 rings (SSSR count). The number of anilines is 1. The molecule has 0 radical (unpaired) electrons. The van der Waals surface area contributed by atoms with E-state index in [1.54, 1.807) is 22.7 Å². The van der Waals surface area contributed by atoms with E-state index in [-0.39, 0.29) is 31.5 Å². The van der Waals surface area contributed by atoms with Gasteiger partial charge in [0.05, 0.1) is 42.1 Å². The fraction of sp³-hybridized carbons (Fsp3) is 0.667. The molecule has 3 heterocycles. The minimum Gasteiger partial charge on any atom is -0.481 e. The Morgan fingerprint density at radius 1 is 1.37 bits per heavy atom. The molecule has 9 heteroatoms. The first kappa shape index (κ1) is 19.2. The smallest absolute Gasteiger partial charge is 0.410 e. The normalized spacial score (nSPS) is 25.5. The molecule has 1 saturated heterocycles. The van der Waals surface area contributed by atoms with Crippen LogP contribution in [0.3, 0.4) is 0 Å². The van der Waals surface area contributed by atoms with E-state index in [1.807, 2.05) is 27.7 Å². The zero-order valence-corrected chi connectivity index (χ0v) is 16.4. The molecular formula is C18H26N4O5. The first-order valence-electron chi connectivity index (χ1n) is 8.99. The number of carbonyl (C=O) groups is 3. The molecule has 1 fully saturated rings. The summed E-state index contributed by atoms with van der Waals surface area (Å²) in [5.74, 6) is -1.25. The standard InChI is InChI=1S/C18H26N4O5/c1-11-8-22-13(9-20(11)16(26)27-17(2,3)4)12(7-19-22)21-10-18(5,15(24)25)6-14(21)23/h7,11H,6,8-10H2,1-5H3,(H,24,25). The van der Waals surface area contributed by atoms with Gasteiger partial charge in [-0.05, 0) is 34.6 Å². The van der Waals surface area contributed by atoms with Gasteiger partial charge in [-0.1, -0.05) is 0 Å². The van der Waals surface area contributed by atoms with Crippen molar-refractivity contribution in [1.82, 2.24) is 14.7 Å². The highest BCUT2D eigenvalue weighted by Crippen LogP contribution is 2.37. The minimum absolute atomic E-state index is 0.0564. The summed E-state index contributed by atoms with van der Waals surface area (Å²) in [6.07, 6.45) is 1.10. The fourth-order valence-corrected chi connectivity index (χ4v) is 3.46. The maximum atomic E-state index is 12.6. The summed E-state index contributed by atoms with van der Waals surface area (Å²) in [7, 11) is 0. The lowest BCUT2D eigenvalue weighted by Gasteiger charge is -2.36. The quantitative estimate of drug-likeness (QED) is 0.842. The van der Waals surface area contributed by atoms with Crippen molar-refractivity contribution in [2.75, 3.05) is 11.4 Å². The van der Waals surface area contributed by atoms with Crippen molar-refractivity contribution in [3.63, 3.8) is 0 Å². The van der Waals surface area contributed by atoms with Crippen molar-refractivity contribution < 1.29 is 24.2 Å². The fourth-order valence-electron chi connectivity index (χ4n) is 3.46. The largest absolute Gasteiger partial charge is 0.481 e. The van der Waals surface area contributed by atoms with Gasteiger partial charge in [-0.15, -0.1) is 0 Å². The van der Waals surface area contributed by atoms with Crippen LogP contribution < -0.4 is 4.90 Å². The number of carboxylic acids is 1. The van der Waals surface area contributed by atoms with Gasteiger partial charge in [0.25, 0.3) is 0 Å². The number of hydrogen-bond acceptors (Lipinski definition) is 5. The second kappa shape index (κ2) is 6.24. The minimum atomic E-state index is -1.13. The lowest BCUT2D eigenvalue weighted by molar-refractivity contribution is -0.147. The predicted molar refractivity (Wildman–Crippen MR) is 96.2 cm³/mol. The molecule has 2 atom stereocenters. The highest BCUT2D eigenvalue weighted by molar-refractivity contribution is 6.01. The van der Waals surface area contributed by atoms with Gasteiger partial charge in [-0.3, -0.25) is 19.2 Å². The average Bonchev–Trinajstić information content (AvgIpc) is 3.05. The van der Waals surface area contributed by atoms with Crippen LogP contribution in [-0.2, 0) is 27.4 Å². The van der Waals surface area contributed by atoms with Crippen LogP contribution in [0.5, 0.6) is 0 Å². The third-order valence-electron chi connectivity index (χ3n) is 5.00. The number of amides is 2. The molecule has 0 aromatic carbocycles. The van der Waals surface area contributed by atoms with Gasteiger partial charge in [0.2, 0.25) is 5.91 Å². The monoisotopic (exact) mass is 378 g/mol. The van der Waals surface area contributed by atoms with Crippen LogP contribution in [0, 0.1) is 5.41 Å². The maximum Gasteiger partial charge on any atom is 0.410 e. The molecule has 27 heavy (non-hydrogen) atoms. The van der Waals surface area contributed by atoms with Crippen LogP contribution >= 0.6 is 0 Å². The van der Waals surface area contributed by atoms with Crippen LogP contribution in [-0.4, -0.2) is 55.9 Å². The van der Waals surface area contributed by atoms with Crippen LogP contribution in [0.4, 0.5) is 10.5 Å². The summed E-state index contributed by atoms with van der Waals surface area (Å²) in [5, 5.41) is 13.8. The Kier molecular flexibility index (Phi) is 4.44. The molecule has 1 aromatic rings. The van der Waals surface area contributed by atoms with Gasteiger partial charge in [-0.25, -0.2) is 4.79 Å². The first-order valence-corrected chi connectivity index (χ1v) is 8.99. The summed E-state index contributed by atoms with van der Waals surface area (Å²) in [6, 6.07) is -0.112. The van der Waals surface area contributed by atoms with Crippen LogP contribution in [0.1, 0.15) is 46.7 Å². The Labute approximate surface area is 157 Å². The average molecular weight is 378 g/mol. The molecule has 1 N–H and O–H groups in total. The Bertz CT molecular complexity index is 796. The van der Waals surface area contributed by atoms with Crippen molar-refractivity contribution in [2.24, 2.45) is 5.41 Å². The van der Waals surface area contributed by atoms with Crippen LogP contribution in [0.2, 0.25) is 0 Å². The van der Waals surface area contributed by atoms with Crippen LogP contribution in [0.15, 0.2) is 6.20 Å². The van der Waals surface area contributed by atoms with E-state index in [0.29, 0.717) is 17.9 Å². The number of fused-ring (bicyclic) bond motifs is 1. The summed E-state index contributed by atoms with van der Waals surface area (Å²) >= 11 is 0. The van der Waals surface area contributed by atoms with E-state index in [0.717, 1.165) is 0 Å².